The van der Waals surface area contributed by atoms with Crippen molar-refractivity contribution in [3.8, 4) is 17.6 Å². The van der Waals surface area contributed by atoms with E-state index in [1.54, 1.807) is 19.1 Å². The fourth-order valence-electron chi connectivity index (χ4n) is 1.62. The van der Waals surface area contributed by atoms with Gasteiger partial charge in [-0.3, -0.25) is 4.79 Å². The van der Waals surface area contributed by atoms with Crippen LogP contribution in [0.2, 0.25) is 0 Å². The number of nitrogens with zero attached hydrogens (tertiary/aromatic N) is 1. The Labute approximate surface area is 109 Å². The van der Waals surface area contributed by atoms with Gasteiger partial charge >= 0.3 is 0 Å². The molecule has 4 heteroatoms. The molecule has 94 valence electrons. The van der Waals surface area contributed by atoms with Gasteiger partial charge in [0.1, 0.15) is 5.75 Å². The van der Waals surface area contributed by atoms with Crippen LogP contribution in [0, 0.1) is 24.1 Å². The van der Waals surface area contributed by atoms with Crippen molar-refractivity contribution in [1.82, 2.24) is 0 Å². The number of carbonyl (C=O) groups excluding carboxylic acids is 1. The largest absolute Gasteiger partial charge is 0.453 e. The molecule has 0 saturated carbocycles. The molecule has 0 aliphatic heterocycles. The molecular formula is C15H10FNO2. The second-order valence-corrected chi connectivity index (χ2v) is 3.97. The number of rotatable bonds is 3. The molecule has 0 amide bonds. The topological polar surface area (TPSA) is 50.1 Å². The van der Waals surface area contributed by atoms with Crippen LogP contribution < -0.4 is 4.74 Å². The molecule has 2 aromatic rings. The molecule has 0 radical (unpaired) electrons. The van der Waals surface area contributed by atoms with Crippen LogP contribution in [-0.4, -0.2) is 6.29 Å². The fraction of sp³-hybridized carbons (Fsp3) is 0.0667. The molecule has 3 nitrogen and oxygen atoms in total. The molecular weight excluding hydrogens is 245 g/mol. The molecule has 0 unspecified atom stereocenters. The summed E-state index contributed by atoms with van der Waals surface area (Å²) in [6.45, 7) is 1.78. The van der Waals surface area contributed by atoms with Crippen molar-refractivity contribution in [1.29, 1.82) is 5.26 Å². The van der Waals surface area contributed by atoms with E-state index >= 15 is 0 Å². The van der Waals surface area contributed by atoms with Crippen LogP contribution in [-0.2, 0) is 0 Å². The van der Waals surface area contributed by atoms with Crippen molar-refractivity contribution >= 4 is 6.29 Å². The van der Waals surface area contributed by atoms with E-state index in [9.17, 15) is 9.18 Å². The lowest BCUT2D eigenvalue weighted by atomic mass is 10.1. The Kier molecular flexibility index (Phi) is 3.58. The summed E-state index contributed by atoms with van der Waals surface area (Å²) in [5.74, 6) is -0.394. The molecule has 0 fully saturated rings. The maximum atomic E-state index is 13.7. The van der Waals surface area contributed by atoms with Gasteiger partial charge in [0.05, 0.1) is 17.2 Å². The number of hydrogen-bond donors (Lipinski definition) is 0. The molecule has 19 heavy (non-hydrogen) atoms. The third-order valence-corrected chi connectivity index (χ3v) is 2.65. The van der Waals surface area contributed by atoms with E-state index in [0.29, 0.717) is 17.6 Å². The average Bonchev–Trinajstić information content (AvgIpc) is 2.43. The zero-order valence-corrected chi connectivity index (χ0v) is 10.2. The quantitative estimate of drug-likeness (QED) is 0.787. The number of aryl methyl sites for hydroxylation is 1. The van der Waals surface area contributed by atoms with Gasteiger partial charge in [0, 0.05) is 0 Å². The van der Waals surface area contributed by atoms with E-state index in [-0.39, 0.29) is 11.3 Å². The fourth-order valence-corrected chi connectivity index (χ4v) is 1.62. The lowest BCUT2D eigenvalue weighted by Crippen LogP contribution is -1.96. The van der Waals surface area contributed by atoms with Gasteiger partial charge < -0.3 is 4.74 Å². The van der Waals surface area contributed by atoms with Crippen molar-refractivity contribution in [2.75, 3.05) is 0 Å². The highest BCUT2D eigenvalue weighted by molar-refractivity contribution is 5.79. The highest BCUT2D eigenvalue weighted by atomic mass is 19.1. The summed E-state index contributed by atoms with van der Waals surface area (Å²) in [5, 5.41) is 8.84. The van der Waals surface area contributed by atoms with Gasteiger partial charge in [0.25, 0.3) is 0 Å². The van der Waals surface area contributed by atoms with Crippen molar-refractivity contribution in [2.45, 2.75) is 6.92 Å². The van der Waals surface area contributed by atoms with Crippen molar-refractivity contribution in [3.63, 3.8) is 0 Å². The second-order valence-electron chi connectivity index (χ2n) is 3.97. The number of nitriles is 1. The molecule has 0 spiro atoms. The van der Waals surface area contributed by atoms with Gasteiger partial charge in [-0.05, 0) is 36.8 Å². The van der Waals surface area contributed by atoms with Gasteiger partial charge in [-0.2, -0.15) is 5.26 Å². The van der Waals surface area contributed by atoms with Crippen LogP contribution in [0.5, 0.6) is 11.5 Å². The SMILES string of the molecule is Cc1ccc(C#N)cc1Oc1c(F)cccc1C=O. The Morgan fingerprint density at radius 3 is 2.79 bits per heavy atom. The van der Waals surface area contributed by atoms with E-state index in [2.05, 4.69) is 0 Å². The maximum Gasteiger partial charge on any atom is 0.173 e. The summed E-state index contributed by atoms with van der Waals surface area (Å²) in [5.41, 5.74) is 1.28. The summed E-state index contributed by atoms with van der Waals surface area (Å²) in [7, 11) is 0. The van der Waals surface area contributed by atoms with Crippen LogP contribution in [0.4, 0.5) is 4.39 Å². The third kappa shape index (κ3) is 2.61. The Balaban J connectivity index is 2.47. The van der Waals surface area contributed by atoms with E-state index < -0.39 is 5.82 Å². The molecule has 0 heterocycles. The lowest BCUT2D eigenvalue weighted by Gasteiger charge is -2.11. The van der Waals surface area contributed by atoms with Crippen molar-refractivity contribution < 1.29 is 13.9 Å². The number of benzene rings is 2. The summed E-state index contributed by atoms with van der Waals surface area (Å²) in [6, 6.07) is 11.0. The minimum Gasteiger partial charge on any atom is -0.453 e. The third-order valence-electron chi connectivity index (χ3n) is 2.65. The number of para-hydroxylation sites is 1. The van der Waals surface area contributed by atoms with E-state index in [1.807, 2.05) is 6.07 Å². The summed E-state index contributed by atoms with van der Waals surface area (Å²) >= 11 is 0. The molecule has 0 saturated heterocycles. The predicted octanol–water partition coefficient (Wildman–Crippen LogP) is 3.61. The van der Waals surface area contributed by atoms with Crippen LogP contribution in [0.1, 0.15) is 21.5 Å². The molecule has 0 aromatic heterocycles. The molecule has 2 aromatic carbocycles. The molecule has 0 bridgehead atoms. The molecule has 0 aliphatic rings. The van der Waals surface area contributed by atoms with Crippen LogP contribution in [0.25, 0.3) is 0 Å². The van der Waals surface area contributed by atoms with Crippen molar-refractivity contribution in [2.24, 2.45) is 0 Å². The van der Waals surface area contributed by atoms with Gasteiger partial charge in [-0.25, -0.2) is 4.39 Å². The smallest absolute Gasteiger partial charge is 0.173 e. The van der Waals surface area contributed by atoms with E-state index in [0.717, 1.165) is 5.56 Å². The average molecular weight is 255 g/mol. The minimum atomic E-state index is -0.619. The molecule has 0 N–H and O–H groups in total. The highest BCUT2D eigenvalue weighted by Crippen LogP contribution is 2.30. The number of ether oxygens (including phenoxy) is 1. The van der Waals surface area contributed by atoms with Gasteiger partial charge in [0.15, 0.2) is 17.9 Å². The molecule has 0 atom stereocenters. The van der Waals surface area contributed by atoms with E-state index in [4.69, 9.17) is 10.00 Å². The molecule has 2 rings (SSSR count). The lowest BCUT2D eigenvalue weighted by molar-refractivity contribution is 0.112. The summed E-state index contributed by atoms with van der Waals surface area (Å²) in [6.07, 6.45) is 0.530. The van der Waals surface area contributed by atoms with Crippen molar-refractivity contribution in [3.05, 3.63) is 58.9 Å². The Hall–Kier alpha value is -2.67. The standard InChI is InChI=1S/C15H10FNO2/c1-10-5-6-11(8-17)7-14(10)19-15-12(9-18)3-2-4-13(15)16/h2-7,9H,1H3. The first-order chi connectivity index (χ1) is 9.15. The van der Waals surface area contributed by atoms with E-state index in [1.165, 1.54) is 24.3 Å². The number of hydrogen-bond acceptors (Lipinski definition) is 3. The zero-order valence-electron chi connectivity index (χ0n) is 10.2. The summed E-state index contributed by atoms with van der Waals surface area (Å²) < 4.78 is 19.1. The maximum absolute atomic E-state index is 13.7. The first-order valence-corrected chi connectivity index (χ1v) is 5.58. The zero-order chi connectivity index (χ0) is 13.8. The summed E-state index contributed by atoms with van der Waals surface area (Å²) in [4.78, 5) is 10.9. The predicted molar refractivity (Wildman–Crippen MR) is 67.8 cm³/mol. The normalized spacial score (nSPS) is 9.74. The van der Waals surface area contributed by atoms with Crippen LogP contribution in [0.15, 0.2) is 36.4 Å². The first-order valence-electron chi connectivity index (χ1n) is 5.58. The highest BCUT2D eigenvalue weighted by Gasteiger charge is 2.12. The Morgan fingerprint density at radius 2 is 2.11 bits per heavy atom. The van der Waals surface area contributed by atoms with Gasteiger partial charge in [-0.15, -0.1) is 0 Å². The Bertz CT molecular complexity index is 674. The monoisotopic (exact) mass is 255 g/mol. The second kappa shape index (κ2) is 5.32. The number of halogens is 1. The van der Waals surface area contributed by atoms with Gasteiger partial charge in [-0.1, -0.05) is 12.1 Å². The molecule has 0 aliphatic carbocycles. The van der Waals surface area contributed by atoms with Crippen LogP contribution >= 0.6 is 0 Å². The number of carbonyl (C=O) groups is 1. The number of aldehydes is 1. The van der Waals surface area contributed by atoms with Gasteiger partial charge in [0.2, 0.25) is 0 Å². The minimum absolute atomic E-state index is 0.127. The van der Waals surface area contributed by atoms with Crippen LogP contribution in [0.3, 0.4) is 0 Å². The Morgan fingerprint density at radius 1 is 1.32 bits per heavy atom. The first kappa shape index (κ1) is 12.8.